The van der Waals surface area contributed by atoms with Gasteiger partial charge in [-0.2, -0.15) is 0 Å². The molecule has 0 aliphatic heterocycles. The van der Waals surface area contributed by atoms with Crippen LogP contribution >= 0.6 is 27.3 Å². The summed E-state index contributed by atoms with van der Waals surface area (Å²) in [5.74, 6) is -0.431. The van der Waals surface area contributed by atoms with Crippen LogP contribution in [0.5, 0.6) is 0 Å². The molecule has 0 spiro atoms. The van der Waals surface area contributed by atoms with Crippen LogP contribution in [0.4, 0.5) is 4.39 Å². The number of sulfonamides is 1. The summed E-state index contributed by atoms with van der Waals surface area (Å²) in [5.41, 5.74) is 0.806. The van der Waals surface area contributed by atoms with Gasteiger partial charge in [0.1, 0.15) is 5.82 Å². The molecule has 0 amide bonds. The first kappa shape index (κ1) is 15.6. The first-order chi connectivity index (χ1) is 9.31. The molecule has 20 heavy (non-hydrogen) atoms. The second-order valence-corrected chi connectivity index (χ2v) is 7.94. The van der Waals surface area contributed by atoms with Gasteiger partial charge in [-0.15, -0.1) is 11.3 Å². The molecule has 0 atom stereocenters. The summed E-state index contributed by atoms with van der Waals surface area (Å²) in [6.45, 7) is 3.38. The lowest BCUT2D eigenvalue weighted by Crippen LogP contribution is -2.24. The second-order valence-electron chi connectivity index (χ2n) is 4.38. The van der Waals surface area contributed by atoms with Gasteiger partial charge in [-0.3, -0.25) is 0 Å². The van der Waals surface area contributed by atoms with Gasteiger partial charge in [-0.05, 0) is 64.5 Å². The predicted octanol–water partition coefficient (Wildman–Crippen LogP) is 3.75. The van der Waals surface area contributed by atoms with Crippen molar-refractivity contribution in [1.82, 2.24) is 4.72 Å². The Bertz CT molecular complexity index is 718. The summed E-state index contributed by atoms with van der Waals surface area (Å²) in [7, 11) is -3.66. The van der Waals surface area contributed by atoms with Gasteiger partial charge in [0.15, 0.2) is 0 Å². The first-order valence-corrected chi connectivity index (χ1v) is 8.95. The molecule has 108 valence electrons. The van der Waals surface area contributed by atoms with Gasteiger partial charge in [0, 0.05) is 15.9 Å². The zero-order valence-electron chi connectivity index (χ0n) is 10.9. The van der Waals surface area contributed by atoms with Crippen LogP contribution in [0.3, 0.4) is 0 Å². The summed E-state index contributed by atoms with van der Waals surface area (Å²) >= 11 is 4.82. The minimum atomic E-state index is -3.66. The van der Waals surface area contributed by atoms with Crippen molar-refractivity contribution in [2.75, 3.05) is 0 Å². The lowest BCUT2D eigenvalue weighted by Gasteiger charge is -2.12. The van der Waals surface area contributed by atoms with E-state index < -0.39 is 15.8 Å². The third-order valence-electron chi connectivity index (χ3n) is 2.81. The van der Waals surface area contributed by atoms with E-state index in [2.05, 4.69) is 20.7 Å². The van der Waals surface area contributed by atoms with Gasteiger partial charge in [0.05, 0.1) is 4.90 Å². The average Bonchev–Trinajstić information content (AvgIpc) is 2.70. The van der Waals surface area contributed by atoms with Crippen LogP contribution in [0.25, 0.3) is 0 Å². The van der Waals surface area contributed by atoms with Crippen molar-refractivity contribution in [3.8, 4) is 0 Å². The standard InChI is InChI=1S/C13H13BrFNO2S2/c1-8-5-10(15)6-9(2)13(8)20(17,18)16-7-12-11(14)3-4-19-12/h3-6,16H,7H2,1-2H3. The Morgan fingerprint density at radius 3 is 2.40 bits per heavy atom. The Hall–Kier alpha value is -0.760. The molecular weight excluding hydrogens is 365 g/mol. The highest BCUT2D eigenvalue weighted by molar-refractivity contribution is 9.10. The number of benzene rings is 1. The molecule has 0 aliphatic carbocycles. The molecule has 1 N–H and O–H groups in total. The molecule has 1 aromatic carbocycles. The van der Waals surface area contributed by atoms with Crippen LogP contribution in [-0.2, 0) is 16.6 Å². The number of thiophene rings is 1. The number of hydrogen-bond donors (Lipinski definition) is 1. The van der Waals surface area contributed by atoms with E-state index in [4.69, 9.17) is 0 Å². The summed E-state index contributed by atoms with van der Waals surface area (Å²) in [6.07, 6.45) is 0. The number of halogens is 2. The van der Waals surface area contributed by atoms with Crippen molar-refractivity contribution >= 4 is 37.3 Å². The minimum absolute atomic E-state index is 0.145. The molecule has 1 aromatic heterocycles. The Morgan fingerprint density at radius 2 is 1.90 bits per heavy atom. The maximum atomic E-state index is 13.2. The van der Waals surface area contributed by atoms with Crippen LogP contribution in [-0.4, -0.2) is 8.42 Å². The predicted molar refractivity (Wildman–Crippen MR) is 81.9 cm³/mol. The zero-order chi connectivity index (χ0) is 14.9. The molecule has 0 radical (unpaired) electrons. The molecule has 0 bridgehead atoms. The van der Waals surface area contributed by atoms with Gasteiger partial charge < -0.3 is 0 Å². The molecule has 2 aromatic rings. The summed E-state index contributed by atoms with van der Waals surface area (Å²) < 4.78 is 41.4. The molecule has 0 unspecified atom stereocenters. The maximum Gasteiger partial charge on any atom is 0.241 e. The van der Waals surface area contributed by atoms with Crippen LogP contribution in [0.15, 0.2) is 32.9 Å². The van der Waals surface area contributed by atoms with E-state index >= 15 is 0 Å². The Balaban J connectivity index is 2.30. The summed E-state index contributed by atoms with van der Waals surface area (Å²) in [6, 6.07) is 4.31. The molecule has 3 nitrogen and oxygen atoms in total. The molecule has 0 fully saturated rings. The second kappa shape index (κ2) is 5.93. The molecule has 0 aliphatic rings. The fraction of sp³-hybridized carbons (Fsp3) is 0.231. The summed E-state index contributed by atoms with van der Waals surface area (Å²) in [4.78, 5) is 1.04. The third-order valence-corrected chi connectivity index (χ3v) is 6.44. The van der Waals surface area contributed by atoms with E-state index in [1.165, 1.54) is 23.5 Å². The number of rotatable bonds is 4. The van der Waals surface area contributed by atoms with Crippen LogP contribution in [0.2, 0.25) is 0 Å². The lowest BCUT2D eigenvalue weighted by atomic mass is 10.1. The normalized spacial score (nSPS) is 11.8. The van der Waals surface area contributed by atoms with Crippen LogP contribution in [0.1, 0.15) is 16.0 Å². The average molecular weight is 378 g/mol. The number of hydrogen-bond acceptors (Lipinski definition) is 3. The highest BCUT2D eigenvalue weighted by Crippen LogP contribution is 2.25. The van der Waals surface area contributed by atoms with E-state index in [1.54, 1.807) is 13.8 Å². The maximum absolute atomic E-state index is 13.2. The molecule has 1 heterocycles. The SMILES string of the molecule is Cc1cc(F)cc(C)c1S(=O)(=O)NCc1sccc1Br. The molecule has 7 heteroatoms. The fourth-order valence-electron chi connectivity index (χ4n) is 2.01. The molecule has 0 saturated carbocycles. The Kier molecular flexibility index (Phi) is 4.63. The van der Waals surface area contributed by atoms with Gasteiger partial charge in [-0.1, -0.05) is 0 Å². The smallest absolute Gasteiger partial charge is 0.207 e. The highest BCUT2D eigenvalue weighted by atomic mass is 79.9. The van der Waals surface area contributed by atoms with Crippen LogP contribution < -0.4 is 4.72 Å². The van der Waals surface area contributed by atoms with Crippen LogP contribution in [0, 0.1) is 19.7 Å². The molecule has 2 rings (SSSR count). The quantitative estimate of drug-likeness (QED) is 0.881. The van der Waals surface area contributed by atoms with Gasteiger partial charge >= 0.3 is 0 Å². The Morgan fingerprint density at radius 1 is 1.30 bits per heavy atom. The van der Waals surface area contributed by atoms with Crippen molar-refractivity contribution in [1.29, 1.82) is 0 Å². The largest absolute Gasteiger partial charge is 0.241 e. The monoisotopic (exact) mass is 377 g/mol. The lowest BCUT2D eigenvalue weighted by molar-refractivity contribution is 0.579. The summed E-state index contributed by atoms with van der Waals surface area (Å²) in [5, 5.41) is 1.88. The number of aryl methyl sites for hydroxylation is 2. The first-order valence-electron chi connectivity index (χ1n) is 5.79. The van der Waals surface area contributed by atoms with E-state index in [9.17, 15) is 12.8 Å². The van der Waals surface area contributed by atoms with Crippen molar-refractivity contribution < 1.29 is 12.8 Å². The topological polar surface area (TPSA) is 46.2 Å². The zero-order valence-corrected chi connectivity index (χ0v) is 14.1. The van der Waals surface area contributed by atoms with Crippen molar-refractivity contribution in [2.24, 2.45) is 0 Å². The highest BCUT2D eigenvalue weighted by Gasteiger charge is 2.20. The molecular formula is C13H13BrFNO2S2. The number of nitrogens with one attached hydrogen (secondary N) is 1. The van der Waals surface area contributed by atoms with Crippen molar-refractivity contribution in [3.05, 3.63) is 49.9 Å². The Labute approximate surface area is 130 Å². The van der Waals surface area contributed by atoms with E-state index in [1.807, 2.05) is 11.4 Å². The fourth-order valence-corrected chi connectivity index (χ4v) is 4.97. The van der Waals surface area contributed by atoms with E-state index in [-0.39, 0.29) is 11.4 Å². The van der Waals surface area contributed by atoms with E-state index in [0.29, 0.717) is 11.1 Å². The minimum Gasteiger partial charge on any atom is -0.207 e. The van der Waals surface area contributed by atoms with Crippen molar-refractivity contribution in [3.63, 3.8) is 0 Å². The van der Waals surface area contributed by atoms with Gasteiger partial charge in [0.2, 0.25) is 10.0 Å². The molecule has 0 saturated heterocycles. The third kappa shape index (κ3) is 3.28. The van der Waals surface area contributed by atoms with Gasteiger partial charge in [-0.25, -0.2) is 17.5 Å². The van der Waals surface area contributed by atoms with Gasteiger partial charge in [0.25, 0.3) is 0 Å². The van der Waals surface area contributed by atoms with Crippen molar-refractivity contribution in [2.45, 2.75) is 25.3 Å². The van der Waals surface area contributed by atoms with E-state index in [0.717, 1.165) is 9.35 Å².